The van der Waals surface area contributed by atoms with Crippen LogP contribution in [0.5, 0.6) is 11.5 Å². The fraction of sp³-hybridized carbons (Fsp3) is 0.0625. The number of hydrazone groups is 1. The van der Waals surface area contributed by atoms with Gasteiger partial charge in [0, 0.05) is 0 Å². The number of hydrogen-bond donors (Lipinski definition) is 2. The number of esters is 1. The summed E-state index contributed by atoms with van der Waals surface area (Å²) in [5.41, 5.74) is 8.67. The van der Waals surface area contributed by atoms with E-state index < -0.39 is 5.97 Å². The molecule has 0 aliphatic heterocycles. The van der Waals surface area contributed by atoms with Gasteiger partial charge < -0.3 is 15.2 Å². The number of ether oxygens (including phenoxy) is 2. The highest BCUT2D eigenvalue weighted by Gasteiger charge is 2.14. The summed E-state index contributed by atoms with van der Waals surface area (Å²) in [4.78, 5) is 12.2. The molecule has 0 fully saturated rings. The van der Waals surface area contributed by atoms with Crippen LogP contribution in [0, 0.1) is 0 Å². The van der Waals surface area contributed by atoms with Crippen molar-refractivity contribution in [3.63, 3.8) is 0 Å². The molecule has 0 spiro atoms. The number of halogens is 2. The fourth-order valence-electron chi connectivity index (χ4n) is 1.80. The van der Waals surface area contributed by atoms with Crippen LogP contribution in [0.4, 0.5) is 0 Å². The zero-order chi connectivity index (χ0) is 18.4. The van der Waals surface area contributed by atoms with Crippen LogP contribution in [0.1, 0.15) is 15.9 Å². The number of thiocarbonyl (C=S) groups is 1. The zero-order valence-electron chi connectivity index (χ0n) is 13.0. The van der Waals surface area contributed by atoms with E-state index in [1.807, 2.05) is 0 Å². The number of carbonyl (C=O) groups excluding carboxylic acids is 1. The van der Waals surface area contributed by atoms with Gasteiger partial charge in [-0.25, -0.2) is 4.79 Å². The van der Waals surface area contributed by atoms with Gasteiger partial charge in [-0.15, -0.1) is 0 Å². The molecule has 0 atom stereocenters. The van der Waals surface area contributed by atoms with Gasteiger partial charge in [-0.2, -0.15) is 5.10 Å². The third-order valence-electron chi connectivity index (χ3n) is 2.93. The zero-order valence-corrected chi connectivity index (χ0v) is 15.3. The van der Waals surface area contributed by atoms with E-state index in [9.17, 15) is 4.79 Å². The van der Waals surface area contributed by atoms with Crippen molar-refractivity contribution in [3.05, 3.63) is 57.6 Å². The van der Waals surface area contributed by atoms with Gasteiger partial charge in [0.25, 0.3) is 0 Å². The van der Waals surface area contributed by atoms with Gasteiger partial charge in [0.15, 0.2) is 16.6 Å². The second-order valence-corrected chi connectivity index (χ2v) is 5.92. The lowest BCUT2D eigenvalue weighted by atomic mass is 10.2. The lowest BCUT2D eigenvalue weighted by Crippen LogP contribution is -2.23. The molecule has 2 aromatic rings. The Kier molecular flexibility index (Phi) is 6.58. The molecule has 25 heavy (non-hydrogen) atoms. The molecule has 0 amide bonds. The molecule has 0 saturated heterocycles. The average molecular weight is 398 g/mol. The number of rotatable bonds is 5. The first-order valence-corrected chi connectivity index (χ1v) is 8.01. The normalized spacial score (nSPS) is 10.5. The van der Waals surface area contributed by atoms with Gasteiger partial charge in [-0.1, -0.05) is 23.2 Å². The minimum Gasteiger partial charge on any atom is -0.493 e. The minimum atomic E-state index is -0.589. The first-order valence-electron chi connectivity index (χ1n) is 6.84. The van der Waals surface area contributed by atoms with Crippen LogP contribution in [0.3, 0.4) is 0 Å². The van der Waals surface area contributed by atoms with Crippen LogP contribution in [0.15, 0.2) is 41.5 Å². The van der Waals surface area contributed by atoms with Crippen molar-refractivity contribution in [2.75, 3.05) is 7.11 Å². The van der Waals surface area contributed by atoms with E-state index in [-0.39, 0.29) is 21.4 Å². The van der Waals surface area contributed by atoms with Crippen molar-refractivity contribution in [1.82, 2.24) is 5.43 Å². The molecular weight excluding hydrogens is 385 g/mol. The summed E-state index contributed by atoms with van der Waals surface area (Å²) in [5.74, 6) is 0.0131. The number of benzene rings is 2. The summed E-state index contributed by atoms with van der Waals surface area (Å²) in [7, 11) is 1.46. The topological polar surface area (TPSA) is 85.9 Å². The predicted octanol–water partition coefficient (Wildman–Crippen LogP) is 3.39. The quantitative estimate of drug-likeness (QED) is 0.264. The summed E-state index contributed by atoms with van der Waals surface area (Å²) >= 11 is 16.4. The molecular formula is C16H13Cl2N3O3S. The Labute approximate surface area is 159 Å². The van der Waals surface area contributed by atoms with Crippen LogP contribution < -0.4 is 20.6 Å². The van der Waals surface area contributed by atoms with Crippen molar-refractivity contribution >= 4 is 52.7 Å². The van der Waals surface area contributed by atoms with E-state index in [2.05, 4.69) is 22.7 Å². The van der Waals surface area contributed by atoms with Crippen molar-refractivity contribution in [2.45, 2.75) is 0 Å². The first kappa shape index (κ1) is 19.0. The highest BCUT2D eigenvalue weighted by atomic mass is 35.5. The van der Waals surface area contributed by atoms with Gasteiger partial charge in [0.05, 0.1) is 28.9 Å². The van der Waals surface area contributed by atoms with E-state index >= 15 is 0 Å². The molecule has 0 saturated carbocycles. The number of hydrogen-bond acceptors (Lipinski definition) is 5. The number of nitrogens with one attached hydrogen (secondary N) is 1. The second-order valence-electron chi connectivity index (χ2n) is 4.66. The molecule has 0 aromatic heterocycles. The Morgan fingerprint density at radius 3 is 2.60 bits per heavy atom. The van der Waals surface area contributed by atoms with Crippen LogP contribution >= 0.6 is 35.4 Å². The summed E-state index contributed by atoms with van der Waals surface area (Å²) in [5, 5.41) is 4.51. The van der Waals surface area contributed by atoms with E-state index in [4.69, 9.17) is 38.4 Å². The lowest BCUT2D eigenvalue weighted by Gasteiger charge is -2.10. The lowest BCUT2D eigenvalue weighted by molar-refractivity contribution is 0.0729. The maximum absolute atomic E-state index is 12.2. The number of methoxy groups -OCH3 is 1. The second kappa shape index (κ2) is 8.66. The summed E-state index contributed by atoms with van der Waals surface area (Å²) in [6.45, 7) is 0. The molecule has 3 N–H and O–H groups in total. The average Bonchev–Trinajstić information content (AvgIpc) is 2.58. The summed E-state index contributed by atoms with van der Waals surface area (Å²) in [6.07, 6.45) is 1.49. The van der Waals surface area contributed by atoms with E-state index in [0.717, 1.165) is 0 Å². The highest BCUT2D eigenvalue weighted by molar-refractivity contribution is 7.80. The summed E-state index contributed by atoms with van der Waals surface area (Å²) < 4.78 is 10.6. The molecule has 0 bridgehead atoms. The SMILES string of the molecule is COc1cc(/C=N\NC(N)=S)ccc1OC(=O)c1ccc(Cl)c(Cl)c1. The maximum Gasteiger partial charge on any atom is 0.343 e. The number of carbonyl (C=O) groups is 1. The van der Waals surface area contributed by atoms with Gasteiger partial charge in [0.1, 0.15) is 0 Å². The monoisotopic (exact) mass is 397 g/mol. The van der Waals surface area contributed by atoms with Gasteiger partial charge in [-0.3, -0.25) is 5.43 Å². The van der Waals surface area contributed by atoms with Crippen molar-refractivity contribution in [2.24, 2.45) is 10.8 Å². The Balaban J connectivity index is 2.18. The molecule has 0 radical (unpaired) electrons. The third kappa shape index (κ3) is 5.32. The van der Waals surface area contributed by atoms with Crippen LogP contribution in [-0.4, -0.2) is 24.4 Å². The fourth-order valence-corrected chi connectivity index (χ4v) is 2.15. The molecule has 0 aliphatic carbocycles. The Bertz CT molecular complexity index is 843. The van der Waals surface area contributed by atoms with Crippen LogP contribution in [0.25, 0.3) is 0 Å². The van der Waals surface area contributed by atoms with Crippen molar-refractivity contribution in [3.8, 4) is 11.5 Å². The van der Waals surface area contributed by atoms with Crippen molar-refractivity contribution in [1.29, 1.82) is 0 Å². The minimum absolute atomic E-state index is 0.0513. The van der Waals surface area contributed by atoms with Gasteiger partial charge in [0.2, 0.25) is 0 Å². The molecule has 2 rings (SSSR count). The maximum atomic E-state index is 12.2. The Morgan fingerprint density at radius 2 is 1.96 bits per heavy atom. The summed E-state index contributed by atoms with van der Waals surface area (Å²) in [6, 6.07) is 9.38. The molecule has 6 nitrogen and oxygen atoms in total. The standard InChI is InChI=1S/C16H13Cl2N3O3S/c1-23-14-6-9(8-20-21-16(19)25)2-5-13(14)24-15(22)10-3-4-11(17)12(18)7-10/h2-8H,1H3,(H3,19,21,25)/b20-8-. The van der Waals surface area contributed by atoms with Crippen LogP contribution in [0.2, 0.25) is 10.0 Å². The smallest absolute Gasteiger partial charge is 0.343 e. The Morgan fingerprint density at radius 1 is 1.20 bits per heavy atom. The first-order chi connectivity index (χ1) is 11.9. The van der Waals surface area contributed by atoms with E-state index in [1.165, 1.54) is 31.5 Å². The largest absolute Gasteiger partial charge is 0.493 e. The van der Waals surface area contributed by atoms with E-state index in [0.29, 0.717) is 16.3 Å². The van der Waals surface area contributed by atoms with E-state index in [1.54, 1.807) is 18.2 Å². The predicted molar refractivity (Wildman–Crippen MR) is 102 cm³/mol. The molecule has 0 heterocycles. The molecule has 130 valence electrons. The van der Waals surface area contributed by atoms with Crippen LogP contribution in [-0.2, 0) is 0 Å². The van der Waals surface area contributed by atoms with Gasteiger partial charge in [-0.05, 0) is 54.2 Å². The highest BCUT2D eigenvalue weighted by Crippen LogP contribution is 2.29. The molecule has 0 unspecified atom stereocenters. The third-order valence-corrected chi connectivity index (χ3v) is 3.76. The molecule has 2 aromatic carbocycles. The number of nitrogens with two attached hydrogens (primary N) is 1. The molecule has 9 heteroatoms. The van der Waals surface area contributed by atoms with Gasteiger partial charge >= 0.3 is 5.97 Å². The Hall–Kier alpha value is -2.35. The number of nitrogens with zero attached hydrogens (tertiary/aromatic N) is 1. The molecule has 0 aliphatic rings. The van der Waals surface area contributed by atoms with Crippen molar-refractivity contribution < 1.29 is 14.3 Å².